The summed E-state index contributed by atoms with van der Waals surface area (Å²) in [6, 6.07) is 21.6. The minimum Gasteiger partial charge on any atom is -0.484 e. The highest BCUT2D eigenvalue weighted by Crippen LogP contribution is 2.33. The lowest BCUT2D eigenvalue weighted by molar-refractivity contribution is -0.385. The first-order valence-electron chi connectivity index (χ1n) is 9.59. The molecule has 9 heteroatoms. The fraction of sp³-hybridized carbons (Fsp3) is 0.182. The Kier molecular flexibility index (Phi) is 5.88. The molecule has 0 radical (unpaired) electrons. The number of hydrogen-bond acceptors (Lipinski definition) is 6. The standard InChI is InChI=1S/C22H20N2O6S/c25-24(26)21-12-11-17(13-22(21)30-15-20-14-29-20)16-31(27,28)23(18-7-3-1-4-8-18)19-9-5-2-6-10-19/h1-13,20H,14-16H2. The Labute approximate surface area is 179 Å². The van der Waals surface area contributed by atoms with E-state index in [0.717, 1.165) is 0 Å². The second-order valence-electron chi connectivity index (χ2n) is 7.02. The minimum absolute atomic E-state index is 0.0270. The summed E-state index contributed by atoms with van der Waals surface area (Å²) in [4.78, 5) is 10.8. The number of hydrogen-bond donors (Lipinski definition) is 0. The first kappa shape index (κ1) is 20.8. The lowest BCUT2D eigenvalue weighted by Gasteiger charge is -2.24. The van der Waals surface area contributed by atoms with E-state index in [1.165, 1.54) is 22.5 Å². The van der Waals surface area contributed by atoms with Crippen LogP contribution in [0, 0.1) is 10.1 Å². The third-order valence-electron chi connectivity index (χ3n) is 4.66. The number of nitro groups is 1. The highest BCUT2D eigenvalue weighted by molar-refractivity contribution is 7.92. The fourth-order valence-electron chi connectivity index (χ4n) is 3.13. The molecule has 0 aromatic heterocycles. The number of rotatable bonds is 9. The Morgan fingerprint density at radius 1 is 1.00 bits per heavy atom. The van der Waals surface area contributed by atoms with Crippen LogP contribution in [0.2, 0.25) is 0 Å². The smallest absolute Gasteiger partial charge is 0.310 e. The van der Waals surface area contributed by atoms with E-state index in [2.05, 4.69) is 0 Å². The molecular weight excluding hydrogens is 420 g/mol. The van der Waals surface area contributed by atoms with E-state index in [1.54, 1.807) is 48.5 Å². The normalized spacial score (nSPS) is 15.3. The molecular formula is C22H20N2O6S. The van der Waals surface area contributed by atoms with E-state index in [0.29, 0.717) is 23.5 Å². The summed E-state index contributed by atoms with van der Waals surface area (Å²) in [7, 11) is -3.87. The molecule has 1 atom stereocenters. The van der Waals surface area contributed by atoms with E-state index in [9.17, 15) is 18.5 Å². The van der Waals surface area contributed by atoms with Crippen molar-refractivity contribution in [2.75, 3.05) is 17.5 Å². The molecule has 0 spiro atoms. The third-order valence-corrected chi connectivity index (χ3v) is 6.33. The fourth-order valence-corrected chi connectivity index (χ4v) is 4.75. The topological polar surface area (TPSA) is 102 Å². The SMILES string of the molecule is O=[N+]([O-])c1ccc(CS(=O)(=O)N(c2ccccc2)c2ccccc2)cc1OCC1CO1. The first-order chi connectivity index (χ1) is 14.9. The van der Waals surface area contributed by atoms with Gasteiger partial charge in [-0.15, -0.1) is 0 Å². The maximum absolute atomic E-state index is 13.4. The van der Waals surface area contributed by atoms with Gasteiger partial charge >= 0.3 is 5.69 Å². The molecule has 1 aliphatic rings. The monoisotopic (exact) mass is 440 g/mol. The molecule has 31 heavy (non-hydrogen) atoms. The van der Waals surface area contributed by atoms with Crippen molar-refractivity contribution in [2.24, 2.45) is 0 Å². The summed E-state index contributed by atoms with van der Waals surface area (Å²) in [5.74, 6) is -0.329. The lowest BCUT2D eigenvalue weighted by atomic mass is 10.2. The Bertz CT molecular complexity index is 1130. The molecule has 1 heterocycles. The van der Waals surface area contributed by atoms with Crippen molar-refractivity contribution >= 4 is 27.1 Å². The molecule has 3 aromatic rings. The summed E-state index contributed by atoms with van der Waals surface area (Å²) in [5, 5.41) is 11.3. The van der Waals surface area contributed by atoms with Crippen molar-refractivity contribution in [3.05, 3.63) is 94.5 Å². The van der Waals surface area contributed by atoms with Gasteiger partial charge in [-0.05, 0) is 35.9 Å². The molecule has 3 aromatic carbocycles. The zero-order valence-corrected chi connectivity index (χ0v) is 17.3. The van der Waals surface area contributed by atoms with E-state index < -0.39 is 14.9 Å². The van der Waals surface area contributed by atoms with Gasteiger partial charge in [-0.1, -0.05) is 42.5 Å². The van der Waals surface area contributed by atoms with Crippen LogP contribution < -0.4 is 9.04 Å². The van der Waals surface area contributed by atoms with E-state index in [1.807, 2.05) is 12.1 Å². The van der Waals surface area contributed by atoms with E-state index in [4.69, 9.17) is 9.47 Å². The van der Waals surface area contributed by atoms with Gasteiger partial charge in [0.1, 0.15) is 12.7 Å². The van der Waals surface area contributed by atoms with Crippen LogP contribution >= 0.6 is 0 Å². The van der Waals surface area contributed by atoms with Gasteiger partial charge < -0.3 is 9.47 Å². The quantitative estimate of drug-likeness (QED) is 0.283. The molecule has 0 saturated carbocycles. The summed E-state index contributed by atoms with van der Waals surface area (Å²) in [6.45, 7) is 0.724. The van der Waals surface area contributed by atoms with Crippen molar-refractivity contribution in [3.63, 3.8) is 0 Å². The third kappa shape index (κ3) is 5.01. The van der Waals surface area contributed by atoms with Gasteiger partial charge in [0.05, 0.1) is 28.7 Å². The molecule has 1 aliphatic heterocycles. The van der Waals surface area contributed by atoms with Gasteiger partial charge in [0.15, 0.2) is 5.75 Å². The number of sulfonamides is 1. The maximum atomic E-state index is 13.4. The predicted octanol–water partition coefficient (Wildman–Crippen LogP) is 4.04. The van der Waals surface area contributed by atoms with E-state index in [-0.39, 0.29) is 29.9 Å². The predicted molar refractivity (Wildman–Crippen MR) is 116 cm³/mol. The van der Waals surface area contributed by atoms with Crippen molar-refractivity contribution in [1.82, 2.24) is 0 Å². The van der Waals surface area contributed by atoms with Gasteiger partial charge in [0, 0.05) is 6.07 Å². The highest BCUT2D eigenvalue weighted by atomic mass is 32.2. The van der Waals surface area contributed by atoms with Crippen molar-refractivity contribution in [1.29, 1.82) is 0 Å². The Morgan fingerprint density at radius 2 is 1.58 bits per heavy atom. The Hall–Kier alpha value is -3.43. The largest absolute Gasteiger partial charge is 0.484 e. The summed E-state index contributed by atoms with van der Waals surface area (Å²) in [5.41, 5.74) is 1.16. The minimum atomic E-state index is -3.87. The number of nitro benzene ring substituents is 1. The zero-order chi connectivity index (χ0) is 21.8. The molecule has 1 saturated heterocycles. The highest BCUT2D eigenvalue weighted by Gasteiger charge is 2.28. The van der Waals surface area contributed by atoms with Gasteiger partial charge in [0.2, 0.25) is 10.0 Å². The Morgan fingerprint density at radius 3 is 2.10 bits per heavy atom. The van der Waals surface area contributed by atoms with Crippen LogP contribution in [0.4, 0.5) is 17.1 Å². The molecule has 0 bridgehead atoms. The van der Waals surface area contributed by atoms with E-state index >= 15 is 0 Å². The lowest BCUT2D eigenvalue weighted by Crippen LogP contribution is -2.27. The molecule has 4 rings (SSSR count). The average molecular weight is 440 g/mol. The number of epoxide rings is 1. The average Bonchev–Trinajstić information content (AvgIpc) is 3.58. The van der Waals surface area contributed by atoms with Gasteiger partial charge in [-0.25, -0.2) is 12.7 Å². The van der Waals surface area contributed by atoms with Crippen LogP contribution in [0.15, 0.2) is 78.9 Å². The number of nitrogens with zero attached hydrogens (tertiary/aromatic N) is 2. The summed E-state index contributed by atoms with van der Waals surface area (Å²) >= 11 is 0. The number of anilines is 2. The molecule has 1 fully saturated rings. The summed E-state index contributed by atoms with van der Waals surface area (Å²) in [6.07, 6.45) is -0.0846. The second kappa shape index (κ2) is 8.75. The van der Waals surface area contributed by atoms with Crippen LogP contribution in [0.25, 0.3) is 0 Å². The molecule has 0 amide bonds. The first-order valence-corrected chi connectivity index (χ1v) is 11.2. The maximum Gasteiger partial charge on any atom is 0.310 e. The number of benzene rings is 3. The van der Waals surface area contributed by atoms with Gasteiger partial charge in [0.25, 0.3) is 0 Å². The summed E-state index contributed by atoms with van der Waals surface area (Å²) < 4.78 is 38.8. The zero-order valence-electron chi connectivity index (χ0n) is 16.5. The number of ether oxygens (including phenoxy) is 2. The number of para-hydroxylation sites is 2. The van der Waals surface area contributed by atoms with Crippen LogP contribution in [0.5, 0.6) is 5.75 Å². The molecule has 0 N–H and O–H groups in total. The van der Waals surface area contributed by atoms with Crippen LogP contribution in [0.1, 0.15) is 5.56 Å². The molecule has 160 valence electrons. The molecule has 1 unspecified atom stereocenters. The van der Waals surface area contributed by atoms with Crippen LogP contribution in [0.3, 0.4) is 0 Å². The van der Waals surface area contributed by atoms with Crippen molar-refractivity contribution < 1.29 is 22.8 Å². The molecule has 0 aliphatic carbocycles. The molecule has 8 nitrogen and oxygen atoms in total. The van der Waals surface area contributed by atoms with Crippen LogP contribution in [-0.4, -0.2) is 32.7 Å². The van der Waals surface area contributed by atoms with Crippen molar-refractivity contribution in [3.8, 4) is 5.75 Å². The van der Waals surface area contributed by atoms with Gasteiger partial charge in [-0.2, -0.15) is 0 Å². The van der Waals surface area contributed by atoms with Crippen LogP contribution in [-0.2, 0) is 20.5 Å². The second-order valence-corrected chi connectivity index (χ2v) is 8.83. The van der Waals surface area contributed by atoms with Crippen molar-refractivity contribution in [2.45, 2.75) is 11.9 Å². The Balaban J connectivity index is 1.67. The van der Waals surface area contributed by atoms with Gasteiger partial charge in [-0.3, -0.25) is 10.1 Å².